The molecule has 3 amide bonds. The second kappa shape index (κ2) is 7.25. The SMILES string of the molecule is CN(C)CCNC(=O)C(=O)Nc1ccc(C(N)=O)cc1. The molecule has 0 saturated carbocycles. The molecule has 0 spiro atoms. The van der Waals surface area contributed by atoms with E-state index >= 15 is 0 Å². The first-order chi connectivity index (χ1) is 9.40. The van der Waals surface area contributed by atoms with Gasteiger partial charge in [0.25, 0.3) is 0 Å². The molecule has 7 nitrogen and oxygen atoms in total. The van der Waals surface area contributed by atoms with Gasteiger partial charge < -0.3 is 21.3 Å². The average Bonchev–Trinajstić information content (AvgIpc) is 2.38. The minimum Gasteiger partial charge on any atom is -0.366 e. The predicted molar refractivity (Wildman–Crippen MR) is 75.2 cm³/mol. The molecule has 0 fully saturated rings. The fourth-order valence-corrected chi connectivity index (χ4v) is 1.38. The highest BCUT2D eigenvalue weighted by atomic mass is 16.2. The maximum absolute atomic E-state index is 11.6. The summed E-state index contributed by atoms with van der Waals surface area (Å²) < 4.78 is 0. The summed E-state index contributed by atoms with van der Waals surface area (Å²) in [5.74, 6) is -2.01. The van der Waals surface area contributed by atoms with Gasteiger partial charge in [0.05, 0.1) is 0 Å². The maximum atomic E-state index is 11.6. The molecule has 0 aliphatic rings. The van der Waals surface area contributed by atoms with E-state index in [0.29, 0.717) is 24.3 Å². The molecular weight excluding hydrogens is 260 g/mol. The first-order valence-corrected chi connectivity index (χ1v) is 6.04. The molecule has 0 aliphatic carbocycles. The predicted octanol–water partition coefficient (Wildman–Crippen LogP) is -0.598. The summed E-state index contributed by atoms with van der Waals surface area (Å²) in [6.07, 6.45) is 0. The summed E-state index contributed by atoms with van der Waals surface area (Å²) in [6.45, 7) is 1.03. The Labute approximate surface area is 117 Å². The molecule has 4 N–H and O–H groups in total. The largest absolute Gasteiger partial charge is 0.366 e. The van der Waals surface area contributed by atoms with Gasteiger partial charge in [0.2, 0.25) is 5.91 Å². The van der Waals surface area contributed by atoms with Gasteiger partial charge in [-0.3, -0.25) is 14.4 Å². The van der Waals surface area contributed by atoms with E-state index in [-0.39, 0.29) is 0 Å². The number of carbonyl (C=O) groups excluding carboxylic acids is 3. The van der Waals surface area contributed by atoms with Crippen molar-refractivity contribution in [3.63, 3.8) is 0 Å². The van der Waals surface area contributed by atoms with Crippen LogP contribution in [0.1, 0.15) is 10.4 Å². The Balaban J connectivity index is 2.49. The van der Waals surface area contributed by atoms with E-state index in [4.69, 9.17) is 5.73 Å². The van der Waals surface area contributed by atoms with Gasteiger partial charge in [0.1, 0.15) is 0 Å². The van der Waals surface area contributed by atoms with Crippen LogP contribution in [0.2, 0.25) is 0 Å². The van der Waals surface area contributed by atoms with Gasteiger partial charge in [-0.1, -0.05) is 0 Å². The lowest BCUT2D eigenvalue weighted by atomic mass is 10.2. The summed E-state index contributed by atoms with van der Waals surface area (Å²) in [7, 11) is 3.74. The standard InChI is InChI=1S/C13H18N4O3/c1-17(2)8-7-15-12(19)13(20)16-10-5-3-9(4-6-10)11(14)18/h3-6H,7-8H2,1-2H3,(H2,14,18)(H,15,19)(H,16,20). The fourth-order valence-electron chi connectivity index (χ4n) is 1.38. The number of carbonyl (C=O) groups is 3. The van der Waals surface area contributed by atoms with Crippen molar-refractivity contribution in [3.8, 4) is 0 Å². The van der Waals surface area contributed by atoms with E-state index in [1.54, 1.807) is 0 Å². The molecule has 1 aromatic carbocycles. The topological polar surface area (TPSA) is 105 Å². The number of rotatable bonds is 5. The minimum absolute atomic E-state index is 0.332. The fraction of sp³-hybridized carbons (Fsp3) is 0.308. The number of hydrogen-bond acceptors (Lipinski definition) is 4. The zero-order chi connectivity index (χ0) is 15.1. The van der Waals surface area contributed by atoms with Crippen molar-refractivity contribution in [1.29, 1.82) is 0 Å². The lowest BCUT2D eigenvalue weighted by Crippen LogP contribution is -2.38. The van der Waals surface area contributed by atoms with Crippen LogP contribution in [0.3, 0.4) is 0 Å². The molecule has 0 radical (unpaired) electrons. The number of hydrogen-bond donors (Lipinski definition) is 3. The smallest absolute Gasteiger partial charge is 0.313 e. The summed E-state index contributed by atoms with van der Waals surface area (Å²) in [4.78, 5) is 35.8. The maximum Gasteiger partial charge on any atom is 0.313 e. The van der Waals surface area contributed by atoms with Crippen molar-refractivity contribution >= 4 is 23.4 Å². The molecule has 0 aromatic heterocycles. The molecule has 0 unspecified atom stereocenters. The van der Waals surface area contributed by atoms with E-state index < -0.39 is 17.7 Å². The normalized spacial score (nSPS) is 10.2. The Bertz CT molecular complexity index is 497. The van der Waals surface area contributed by atoms with Gasteiger partial charge in [-0.2, -0.15) is 0 Å². The van der Waals surface area contributed by atoms with Crippen molar-refractivity contribution in [1.82, 2.24) is 10.2 Å². The number of nitrogens with one attached hydrogen (secondary N) is 2. The lowest BCUT2D eigenvalue weighted by Gasteiger charge is -2.10. The number of amides is 3. The van der Waals surface area contributed by atoms with Gasteiger partial charge in [0, 0.05) is 24.3 Å². The van der Waals surface area contributed by atoms with E-state index in [9.17, 15) is 14.4 Å². The molecule has 1 rings (SSSR count). The minimum atomic E-state index is -0.754. The summed E-state index contributed by atoms with van der Waals surface area (Å²) in [6, 6.07) is 5.96. The number of likely N-dealkylation sites (N-methyl/N-ethyl adjacent to an activating group) is 1. The Hall–Kier alpha value is -2.41. The highest BCUT2D eigenvalue weighted by Gasteiger charge is 2.13. The van der Waals surface area contributed by atoms with Crippen LogP contribution >= 0.6 is 0 Å². The Kier molecular flexibility index (Phi) is 5.67. The molecule has 1 aromatic rings. The van der Waals surface area contributed by atoms with Gasteiger partial charge >= 0.3 is 11.8 Å². The van der Waals surface area contributed by atoms with Crippen LogP contribution in [0.15, 0.2) is 24.3 Å². The molecule has 0 bridgehead atoms. The third-order valence-electron chi connectivity index (χ3n) is 2.48. The van der Waals surface area contributed by atoms with Crippen LogP contribution in [0.25, 0.3) is 0 Å². The van der Waals surface area contributed by atoms with Crippen LogP contribution in [-0.2, 0) is 9.59 Å². The van der Waals surface area contributed by atoms with E-state index in [0.717, 1.165) is 0 Å². The molecular formula is C13H18N4O3. The zero-order valence-electron chi connectivity index (χ0n) is 11.5. The first-order valence-electron chi connectivity index (χ1n) is 6.04. The number of benzene rings is 1. The van der Waals surface area contributed by atoms with E-state index in [2.05, 4.69) is 10.6 Å². The summed E-state index contributed by atoms with van der Waals surface area (Å²) in [5, 5.41) is 4.93. The quantitative estimate of drug-likeness (QED) is 0.626. The molecule has 0 saturated heterocycles. The highest BCUT2D eigenvalue weighted by molar-refractivity contribution is 6.39. The van der Waals surface area contributed by atoms with Crippen molar-refractivity contribution in [2.45, 2.75) is 0 Å². The number of anilines is 1. The number of primary amides is 1. The van der Waals surface area contributed by atoms with Gasteiger partial charge in [-0.25, -0.2) is 0 Å². The molecule has 0 heterocycles. The van der Waals surface area contributed by atoms with Gasteiger partial charge in [0.15, 0.2) is 0 Å². The molecule has 0 aliphatic heterocycles. The molecule has 108 valence electrons. The van der Waals surface area contributed by atoms with Crippen LogP contribution in [0, 0.1) is 0 Å². The first kappa shape index (κ1) is 15.6. The average molecular weight is 278 g/mol. The Morgan fingerprint density at radius 2 is 1.70 bits per heavy atom. The van der Waals surface area contributed by atoms with Crippen molar-refractivity contribution in [3.05, 3.63) is 29.8 Å². The van der Waals surface area contributed by atoms with Crippen LogP contribution in [0.5, 0.6) is 0 Å². The molecule has 0 atom stereocenters. The number of nitrogens with two attached hydrogens (primary N) is 1. The van der Waals surface area contributed by atoms with Crippen molar-refractivity contribution < 1.29 is 14.4 Å². The monoisotopic (exact) mass is 278 g/mol. The van der Waals surface area contributed by atoms with Crippen molar-refractivity contribution in [2.24, 2.45) is 5.73 Å². The van der Waals surface area contributed by atoms with Gasteiger partial charge in [-0.15, -0.1) is 0 Å². The van der Waals surface area contributed by atoms with E-state index in [1.165, 1.54) is 24.3 Å². The summed E-state index contributed by atoms with van der Waals surface area (Å²) >= 11 is 0. The van der Waals surface area contributed by atoms with Crippen molar-refractivity contribution in [2.75, 3.05) is 32.5 Å². The zero-order valence-corrected chi connectivity index (χ0v) is 11.5. The van der Waals surface area contributed by atoms with Crippen LogP contribution in [-0.4, -0.2) is 49.8 Å². The highest BCUT2D eigenvalue weighted by Crippen LogP contribution is 2.08. The van der Waals surface area contributed by atoms with Crippen LogP contribution < -0.4 is 16.4 Å². The van der Waals surface area contributed by atoms with Gasteiger partial charge in [-0.05, 0) is 38.4 Å². The Morgan fingerprint density at radius 1 is 1.10 bits per heavy atom. The number of nitrogens with zero attached hydrogens (tertiary/aromatic N) is 1. The van der Waals surface area contributed by atoms with Crippen LogP contribution in [0.4, 0.5) is 5.69 Å². The lowest BCUT2D eigenvalue weighted by molar-refractivity contribution is -0.136. The Morgan fingerprint density at radius 3 is 2.20 bits per heavy atom. The molecule has 20 heavy (non-hydrogen) atoms. The molecule has 7 heteroatoms. The summed E-state index contributed by atoms with van der Waals surface area (Å²) in [5.41, 5.74) is 5.85. The second-order valence-corrected chi connectivity index (χ2v) is 4.45. The third-order valence-corrected chi connectivity index (χ3v) is 2.48. The second-order valence-electron chi connectivity index (χ2n) is 4.45. The van der Waals surface area contributed by atoms with E-state index in [1.807, 2.05) is 19.0 Å². The third kappa shape index (κ3) is 5.07.